The third-order valence-electron chi connectivity index (χ3n) is 5.47. The largest absolute Gasteiger partial charge is 0.354 e. The van der Waals surface area contributed by atoms with E-state index in [-0.39, 0.29) is 17.7 Å². The molecule has 3 aromatic rings. The van der Waals surface area contributed by atoms with E-state index in [4.69, 9.17) is 0 Å². The molecule has 2 amide bonds. The van der Waals surface area contributed by atoms with E-state index in [0.717, 1.165) is 17.1 Å². The molecule has 8 nitrogen and oxygen atoms in total. The molecular weight excluding hydrogens is 380 g/mol. The minimum atomic E-state index is -0.156. The summed E-state index contributed by atoms with van der Waals surface area (Å²) in [5.41, 5.74) is 2.59. The van der Waals surface area contributed by atoms with Gasteiger partial charge in [-0.15, -0.1) is 0 Å². The van der Waals surface area contributed by atoms with Gasteiger partial charge < -0.3 is 14.8 Å². The standard InChI is InChI=1S/C22H26N6O2/c1-16-7-10-28(25-16)12-9-24-21(29)19-14-27(15-19)22(30)20-6-4-3-5-18(20)13-26-11-8-23-17(26)2/h3-8,10-11,19H,9,12-15H2,1-2H3,(H,24,29). The van der Waals surface area contributed by atoms with Gasteiger partial charge in [-0.3, -0.25) is 14.3 Å². The van der Waals surface area contributed by atoms with Crippen molar-refractivity contribution in [3.8, 4) is 0 Å². The van der Waals surface area contributed by atoms with E-state index >= 15 is 0 Å². The Balaban J connectivity index is 1.30. The molecule has 156 valence electrons. The number of nitrogens with one attached hydrogen (secondary N) is 1. The molecule has 4 rings (SSSR count). The predicted octanol–water partition coefficient (Wildman–Crippen LogP) is 1.63. The van der Waals surface area contributed by atoms with Crippen LogP contribution in [0.25, 0.3) is 0 Å². The Kier molecular flexibility index (Phi) is 5.65. The second-order valence-electron chi connectivity index (χ2n) is 7.68. The maximum Gasteiger partial charge on any atom is 0.254 e. The summed E-state index contributed by atoms with van der Waals surface area (Å²) in [6.07, 6.45) is 5.56. The van der Waals surface area contributed by atoms with Crippen LogP contribution in [-0.4, -0.2) is 55.7 Å². The molecular formula is C22H26N6O2. The van der Waals surface area contributed by atoms with Crippen molar-refractivity contribution in [2.45, 2.75) is 26.9 Å². The molecule has 0 atom stereocenters. The average molecular weight is 406 g/mol. The third kappa shape index (κ3) is 4.27. The molecule has 2 aromatic heterocycles. The molecule has 8 heteroatoms. The Morgan fingerprint density at radius 1 is 1.13 bits per heavy atom. The summed E-state index contributed by atoms with van der Waals surface area (Å²) in [4.78, 5) is 31.3. The van der Waals surface area contributed by atoms with E-state index in [1.54, 1.807) is 11.1 Å². The van der Waals surface area contributed by atoms with Gasteiger partial charge in [0.25, 0.3) is 5.91 Å². The fraction of sp³-hybridized carbons (Fsp3) is 0.364. The summed E-state index contributed by atoms with van der Waals surface area (Å²) >= 11 is 0. The van der Waals surface area contributed by atoms with E-state index in [1.807, 2.05) is 65.8 Å². The van der Waals surface area contributed by atoms with Crippen molar-refractivity contribution in [2.75, 3.05) is 19.6 Å². The van der Waals surface area contributed by atoms with E-state index in [2.05, 4.69) is 15.4 Å². The van der Waals surface area contributed by atoms with Crippen molar-refractivity contribution in [3.63, 3.8) is 0 Å². The molecule has 0 aliphatic carbocycles. The lowest BCUT2D eigenvalue weighted by molar-refractivity contribution is -0.129. The molecule has 0 saturated carbocycles. The first-order chi connectivity index (χ1) is 14.5. The van der Waals surface area contributed by atoms with Gasteiger partial charge in [-0.2, -0.15) is 5.10 Å². The fourth-order valence-electron chi connectivity index (χ4n) is 3.63. The zero-order chi connectivity index (χ0) is 21.1. The van der Waals surface area contributed by atoms with Crippen molar-refractivity contribution in [3.05, 3.63) is 71.6 Å². The highest BCUT2D eigenvalue weighted by Crippen LogP contribution is 2.21. The van der Waals surface area contributed by atoms with Gasteiger partial charge >= 0.3 is 0 Å². The highest BCUT2D eigenvalue weighted by Gasteiger charge is 2.36. The van der Waals surface area contributed by atoms with E-state index in [0.29, 0.717) is 38.3 Å². The van der Waals surface area contributed by atoms with Crippen LogP contribution >= 0.6 is 0 Å². The number of rotatable bonds is 7. The van der Waals surface area contributed by atoms with Gasteiger partial charge in [0.15, 0.2) is 0 Å². The van der Waals surface area contributed by atoms with Crippen molar-refractivity contribution in [1.29, 1.82) is 0 Å². The second kappa shape index (κ2) is 8.52. The summed E-state index contributed by atoms with van der Waals surface area (Å²) in [5, 5.41) is 7.24. The molecule has 30 heavy (non-hydrogen) atoms. The van der Waals surface area contributed by atoms with Crippen LogP contribution in [-0.2, 0) is 17.9 Å². The Hall–Kier alpha value is -3.42. The van der Waals surface area contributed by atoms with Gasteiger partial charge in [-0.1, -0.05) is 18.2 Å². The number of hydrogen-bond acceptors (Lipinski definition) is 4. The Morgan fingerprint density at radius 3 is 2.63 bits per heavy atom. The van der Waals surface area contributed by atoms with E-state index < -0.39 is 0 Å². The third-order valence-corrected chi connectivity index (χ3v) is 5.47. The highest BCUT2D eigenvalue weighted by molar-refractivity contribution is 5.97. The summed E-state index contributed by atoms with van der Waals surface area (Å²) < 4.78 is 3.82. The van der Waals surface area contributed by atoms with E-state index in [9.17, 15) is 9.59 Å². The number of likely N-dealkylation sites (tertiary alicyclic amines) is 1. The number of amides is 2. The average Bonchev–Trinajstić information content (AvgIpc) is 3.29. The predicted molar refractivity (Wildman–Crippen MR) is 112 cm³/mol. The first kappa shape index (κ1) is 19.9. The lowest BCUT2D eigenvalue weighted by atomic mass is 9.96. The summed E-state index contributed by atoms with van der Waals surface area (Å²) in [7, 11) is 0. The molecule has 1 aliphatic heterocycles. The van der Waals surface area contributed by atoms with Gasteiger partial charge in [-0.25, -0.2) is 4.98 Å². The Labute approximate surface area is 175 Å². The van der Waals surface area contributed by atoms with Crippen molar-refractivity contribution in [1.82, 2.24) is 29.5 Å². The monoisotopic (exact) mass is 406 g/mol. The number of aryl methyl sites for hydroxylation is 2. The van der Waals surface area contributed by atoms with Crippen LogP contribution in [0.4, 0.5) is 0 Å². The fourth-order valence-corrected chi connectivity index (χ4v) is 3.63. The van der Waals surface area contributed by atoms with Crippen LogP contribution in [0.5, 0.6) is 0 Å². The molecule has 0 radical (unpaired) electrons. The topological polar surface area (TPSA) is 85.0 Å². The smallest absolute Gasteiger partial charge is 0.254 e. The first-order valence-corrected chi connectivity index (χ1v) is 10.1. The van der Waals surface area contributed by atoms with Crippen LogP contribution < -0.4 is 5.32 Å². The van der Waals surface area contributed by atoms with Gasteiger partial charge in [-0.05, 0) is 31.5 Å². The number of benzene rings is 1. The number of carbonyl (C=O) groups excluding carboxylic acids is 2. The molecule has 3 heterocycles. The van der Waals surface area contributed by atoms with Crippen LogP contribution in [0.2, 0.25) is 0 Å². The Morgan fingerprint density at radius 2 is 1.93 bits per heavy atom. The zero-order valence-electron chi connectivity index (χ0n) is 17.3. The molecule has 1 saturated heterocycles. The van der Waals surface area contributed by atoms with Crippen LogP contribution in [0, 0.1) is 19.8 Å². The van der Waals surface area contributed by atoms with Crippen LogP contribution in [0.1, 0.15) is 27.4 Å². The lowest BCUT2D eigenvalue weighted by Crippen LogP contribution is -2.56. The Bertz CT molecular complexity index is 1050. The molecule has 1 aliphatic rings. The molecule has 1 fully saturated rings. The summed E-state index contributed by atoms with van der Waals surface area (Å²) in [6, 6.07) is 9.56. The number of carbonyl (C=O) groups is 2. The summed E-state index contributed by atoms with van der Waals surface area (Å²) in [6.45, 7) is 6.53. The highest BCUT2D eigenvalue weighted by atomic mass is 16.2. The molecule has 1 aromatic carbocycles. The number of imidazole rings is 1. The minimum Gasteiger partial charge on any atom is -0.354 e. The second-order valence-corrected chi connectivity index (χ2v) is 7.68. The SMILES string of the molecule is Cc1ccn(CCNC(=O)C2CN(C(=O)c3ccccc3Cn3ccnc3C)C2)n1. The van der Waals surface area contributed by atoms with Crippen molar-refractivity contribution in [2.24, 2.45) is 5.92 Å². The zero-order valence-corrected chi connectivity index (χ0v) is 17.3. The molecule has 0 bridgehead atoms. The van der Waals surface area contributed by atoms with Gasteiger partial charge in [0.05, 0.1) is 18.2 Å². The number of nitrogens with zero attached hydrogens (tertiary/aromatic N) is 5. The van der Waals surface area contributed by atoms with Crippen LogP contribution in [0.3, 0.4) is 0 Å². The first-order valence-electron chi connectivity index (χ1n) is 10.1. The van der Waals surface area contributed by atoms with E-state index in [1.165, 1.54) is 0 Å². The molecule has 1 N–H and O–H groups in total. The van der Waals surface area contributed by atoms with Gasteiger partial charge in [0.1, 0.15) is 5.82 Å². The number of aromatic nitrogens is 4. The molecule has 0 unspecified atom stereocenters. The quantitative estimate of drug-likeness (QED) is 0.646. The minimum absolute atomic E-state index is 0.00902. The maximum atomic E-state index is 13.0. The summed E-state index contributed by atoms with van der Waals surface area (Å²) in [5.74, 6) is 0.712. The van der Waals surface area contributed by atoms with Gasteiger partial charge in [0, 0.05) is 50.3 Å². The number of hydrogen-bond donors (Lipinski definition) is 1. The van der Waals surface area contributed by atoms with Gasteiger partial charge in [0.2, 0.25) is 5.91 Å². The van der Waals surface area contributed by atoms with Crippen molar-refractivity contribution >= 4 is 11.8 Å². The maximum absolute atomic E-state index is 13.0. The van der Waals surface area contributed by atoms with Crippen LogP contribution in [0.15, 0.2) is 48.9 Å². The lowest BCUT2D eigenvalue weighted by Gasteiger charge is -2.38. The normalized spacial score (nSPS) is 13.9. The molecule has 0 spiro atoms. The van der Waals surface area contributed by atoms with Crippen molar-refractivity contribution < 1.29 is 9.59 Å².